The van der Waals surface area contributed by atoms with Crippen LogP contribution in [-0.4, -0.2) is 30.6 Å². The molecule has 13 heteroatoms. The van der Waals surface area contributed by atoms with Gasteiger partial charge < -0.3 is 5.32 Å². The van der Waals surface area contributed by atoms with Gasteiger partial charge in [-0.15, -0.1) is 0 Å². The van der Waals surface area contributed by atoms with Crippen LogP contribution in [0.2, 0.25) is 5.02 Å². The highest BCUT2D eigenvalue weighted by atomic mass is 35.5. The Morgan fingerprint density at radius 1 is 1.27 bits per heavy atom. The Morgan fingerprint density at radius 3 is 2.67 bits per heavy atom. The van der Waals surface area contributed by atoms with E-state index < -0.39 is 28.6 Å². The van der Waals surface area contributed by atoms with Crippen LogP contribution in [0.5, 0.6) is 0 Å². The van der Waals surface area contributed by atoms with Crippen molar-refractivity contribution in [3.8, 4) is 5.82 Å². The van der Waals surface area contributed by atoms with Gasteiger partial charge in [-0.2, -0.15) is 23.0 Å². The van der Waals surface area contributed by atoms with Crippen molar-refractivity contribution in [2.75, 3.05) is 0 Å². The first-order valence-electron chi connectivity index (χ1n) is 8.25. The van der Waals surface area contributed by atoms with Crippen LogP contribution in [0.3, 0.4) is 0 Å². The van der Waals surface area contributed by atoms with Crippen molar-refractivity contribution in [3.63, 3.8) is 0 Å². The fourth-order valence-electron chi connectivity index (χ4n) is 2.59. The van der Waals surface area contributed by atoms with Crippen molar-refractivity contribution in [1.29, 1.82) is 0 Å². The van der Waals surface area contributed by atoms with Crippen molar-refractivity contribution < 1.29 is 22.9 Å². The van der Waals surface area contributed by atoms with E-state index in [1.807, 2.05) is 0 Å². The van der Waals surface area contributed by atoms with E-state index in [0.717, 1.165) is 12.4 Å². The number of amides is 1. The Hall–Kier alpha value is -3.54. The molecule has 9 nitrogen and oxygen atoms in total. The number of nitro groups is 1. The Morgan fingerprint density at radius 2 is 2.00 bits per heavy atom. The molecule has 0 saturated carbocycles. The Bertz CT molecular complexity index is 1120. The summed E-state index contributed by atoms with van der Waals surface area (Å²) >= 11 is 5.71. The van der Waals surface area contributed by atoms with Gasteiger partial charge in [0, 0.05) is 22.8 Å². The van der Waals surface area contributed by atoms with Gasteiger partial charge in [0.1, 0.15) is 6.33 Å². The zero-order valence-electron chi connectivity index (χ0n) is 15.1. The van der Waals surface area contributed by atoms with Crippen LogP contribution in [0.15, 0.2) is 42.9 Å². The summed E-state index contributed by atoms with van der Waals surface area (Å²) in [6, 6.07) is 4.04. The zero-order chi connectivity index (χ0) is 22.1. The van der Waals surface area contributed by atoms with E-state index in [1.54, 1.807) is 0 Å². The average molecular weight is 441 g/mol. The van der Waals surface area contributed by atoms with E-state index >= 15 is 0 Å². The minimum atomic E-state index is -4.67. The second-order valence-corrected chi connectivity index (χ2v) is 6.52. The molecule has 3 aromatic rings. The minimum absolute atomic E-state index is 0.0833. The Labute approximate surface area is 171 Å². The van der Waals surface area contributed by atoms with Crippen LogP contribution in [0, 0.1) is 10.1 Å². The lowest BCUT2D eigenvalue weighted by molar-refractivity contribution is -0.384. The van der Waals surface area contributed by atoms with Crippen molar-refractivity contribution in [3.05, 3.63) is 74.9 Å². The topological polar surface area (TPSA) is 116 Å². The minimum Gasteiger partial charge on any atom is -0.342 e. The highest BCUT2D eigenvalue weighted by molar-refractivity contribution is 6.31. The molecule has 1 N–H and O–H groups in total. The number of pyridine rings is 1. The molecule has 1 amide bonds. The first kappa shape index (κ1) is 21.2. The van der Waals surface area contributed by atoms with Crippen LogP contribution in [-0.2, 0) is 6.18 Å². The van der Waals surface area contributed by atoms with Gasteiger partial charge in [0.05, 0.1) is 22.6 Å². The molecule has 0 fully saturated rings. The second-order valence-electron chi connectivity index (χ2n) is 6.08. The van der Waals surface area contributed by atoms with Crippen molar-refractivity contribution in [2.24, 2.45) is 0 Å². The summed E-state index contributed by atoms with van der Waals surface area (Å²) in [6.45, 7) is 1.52. The van der Waals surface area contributed by atoms with E-state index in [0.29, 0.717) is 12.1 Å². The van der Waals surface area contributed by atoms with Gasteiger partial charge in [0.15, 0.2) is 11.6 Å². The molecular formula is C17H12ClF3N6O3. The standard InChI is InChI=1S/C17H12ClF3N6O3/c1-9(25-16(28)10-4-11(17(19,20)21)6-12(18)5-10)15-23-8-24-26(15)14-7-13(27(29)30)2-3-22-14/h2-9H,1H3,(H,25,28)/t9-/m0/s1. The largest absolute Gasteiger partial charge is 0.416 e. The predicted octanol–water partition coefficient (Wildman–Crippen LogP) is 3.73. The maximum absolute atomic E-state index is 13.0. The molecule has 2 aromatic heterocycles. The summed E-state index contributed by atoms with van der Waals surface area (Å²) in [4.78, 5) is 30.8. The Balaban J connectivity index is 1.86. The predicted molar refractivity (Wildman–Crippen MR) is 98.1 cm³/mol. The summed E-state index contributed by atoms with van der Waals surface area (Å²) in [7, 11) is 0. The third-order valence-corrected chi connectivity index (χ3v) is 4.17. The van der Waals surface area contributed by atoms with Gasteiger partial charge >= 0.3 is 6.18 Å². The lowest BCUT2D eigenvalue weighted by atomic mass is 10.1. The van der Waals surface area contributed by atoms with Gasteiger partial charge in [-0.3, -0.25) is 14.9 Å². The van der Waals surface area contributed by atoms with Crippen LogP contribution < -0.4 is 5.32 Å². The lowest BCUT2D eigenvalue weighted by Crippen LogP contribution is -2.29. The van der Waals surface area contributed by atoms with Crippen molar-refractivity contribution in [2.45, 2.75) is 19.1 Å². The highest BCUT2D eigenvalue weighted by Gasteiger charge is 2.32. The first-order chi connectivity index (χ1) is 14.1. The molecule has 1 aromatic carbocycles. The van der Waals surface area contributed by atoms with Gasteiger partial charge in [-0.25, -0.2) is 9.97 Å². The molecule has 0 spiro atoms. The molecular weight excluding hydrogens is 429 g/mol. The van der Waals surface area contributed by atoms with E-state index in [-0.39, 0.29) is 27.9 Å². The van der Waals surface area contributed by atoms with Crippen LogP contribution in [0.25, 0.3) is 5.82 Å². The molecule has 0 unspecified atom stereocenters. The molecule has 2 heterocycles. The molecule has 3 rings (SSSR count). The first-order valence-corrected chi connectivity index (χ1v) is 8.63. The number of carbonyl (C=O) groups is 1. The molecule has 30 heavy (non-hydrogen) atoms. The number of nitrogens with zero attached hydrogens (tertiary/aromatic N) is 5. The third kappa shape index (κ3) is 4.54. The average Bonchev–Trinajstić information content (AvgIpc) is 3.17. The quantitative estimate of drug-likeness (QED) is 0.477. The summed E-state index contributed by atoms with van der Waals surface area (Å²) < 4.78 is 40.1. The molecule has 0 saturated heterocycles. The molecule has 0 aliphatic heterocycles. The van der Waals surface area contributed by atoms with Gasteiger partial charge in [-0.1, -0.05) is 11.6 Å². The number of alkyl halides is 3. The van der Waals surface area contributed by atoms with Crippen LogP contribution >= 0.6 is 11.6 Å². The van der Waals surface area contributed by atoms with Gasteiger partial charge in [0.2, 0.25) is 0 Å². The fourth-order valence-corrected chi connectivity index (χ4v) is 2.82. The number of hydrogen-bond donors (Lipinski definition) is 1. The van der Waals surface area contributed by atoms with Gasteiger partial charge in [0.25, 0.3) is 11.6 Å². The summed E-state index contributed by atoms with van der Waals surface area (Å²) in [5.74, 6) is -0.577. The number of rotatable bonds is 5. The number of halogens is 4. The van der Waals surface area contributed by atoms with Crippen molar-refractivity contribution >= 4 is 23.2 Å². The van der Waals surface area contributed by atoms with E-state index in [9.17, 15) is 28.1 Å². The number of carbonyl (C=O) groups excluding carboxylic acids is 1. The number of aromatic nitrogens is 4. The maximum atomic E-state index is 13.0. The molecule has 1 atom stereocenters. The number of hydrogen-bond acceptors (Lipinski definition) is 6. The molecule has 0 aliphatic carbocycles. The SMILES string of the molecule is C[C@H](NC(=O)c1cc(Cl)cc(C(F)(F)F)c1)c1ncnn1-c1cc([N+](=O)[O-])ccn1. The van der Waals surface area contributed by atoms with E-state index in [4.69, 9.17) is 11.6 Å². The molecule has 0 radical (unpaired) electrons. The zero-order valence-corrected chi connectivity index (χ0v) is 15.8. The second kappa shape index (κ2) is 8.06. The summed E-state index contributed by atoms with van der Waals surface area (Å²) in [5.41, 5.74) is -1.57. The Kier molecular flexibility index (Phi) is 5.69. The maximum Gasteiger partial charge on any atom is 0.416 e. The monoisotopic (exact) mass is 440 g/mol. The van der Waals surface area contributed by atoms with E-state index in [2.05, 4.69) is 20.4 Å². The number of nitrogens with one attached hydrogen (secondary N) is 1. The van der Waals surface area contributed by atoms with E-state index in [1.165, 1.54) is 29.9 Å². The van der Waals surface area contributed by atoms with Crippen molar-refractivity contribution in [1.82, 2.24) is 25.1 Å². The fraction of sp³-hybridized carbons (Fsp3) is 0.176. The summed E-state index contributed by atoms with van der Waals surface area (Å²) in [6.07, 6.45) is -2.30. The van der Waals surface area contributed by atoms with Gasteiger partial charge in [-0.05, 0) is 25.1 Å². The lowest BCUT2D eigenvalue weighted by Gasteiger charge is -2.15. The molecule has 0 aliphatic rings. The third-order valence-electron chi connectivity index (χ3n) is 3.95. The highest BCUT2D eigenvalue weighted by Crippen LogP contribution is 2.32. The smallest absolute Gasteiger partial charge is 0.342 e. The summed E-state index contributed by atoms with van der Waals surface area (Å²) in [5, 5.41) is 17.2. The molecule has 156 valence electrons. The normalized spacial score (nSPS) is 12.4. The van der Waals surface area contributed by atoms with Crippen LogP contribution in [0.4, 0.5) is 18.9 Å². The van der Waals surface area contributed by atoms with Crippen LogP contribution in [0.1, 0.15) is 34.7 Å². The number of benzene rings is 1. The molecule has 0 bridgehead atoms.